The third-order valence-electron chi connectivity index (χ3n) is 4.32. The first-order valence-electron chi connectivity index (χ1n) is 7.33. The van der Waals surface area contributed by atoms with Crippen molar-refractivity contribution in [3.8, 4) is 0 Å². The lowest BCUT2D eigenvalue weighted by Crippen LogP contribution is -2.40. The summed E-state index contributed by atoms with van der Waals surface area (Å²) in [7, 11) is 0. The summed E-state index contributed by atoms with van der Waals surface area (Å²) in [6, 6.07) is 3.15. The maximum Gasteiger partial charge on any atom is 0.141 e. The Balaban J connectivity index is 1.71. The van der Waals surface area contributed by atoms with Gasteiger partial charge in [-0.1, -0.05) is 0 Å². The van der Waals surface area contributed by atoms with Crippen LogP contribution in [-0.2, 0) is 0 Å². The molecular formula is C15H22FN3. The topological polar surface area (TPSA) is 28.2 Å². The summed E-state index contributed by atoms with van der Waals surface area (Å²) in [6.45, 7) is 4.38. The number of hydrogen-bond donors (Lipinski definition) is 1. The predicted molar refractivity (Wildman–Crippen MR) is 73.4 cm³/mol. The molecule has 1 aromatic rings. The zero-order chi connectivity index (χ0) is 13.2. The van der Waals surface area contributed by atoms with E-state index in [4.69, 9.17) is 0 Å². The predicted octanol–water partition coefficient (Wildman–Crippen LogP) is 2.50. The number of nitrogens with one attached hydrogen (secondary N) is 1. The van der Waals surface area contributed by atoms with Crippen LogP contribution in [0.5, 0.6) is 0 Å². The molecule has 3 nitrogen and oxygen atoms in total. The first kappa shape index (κ1) is 13.0. The van der Waals surface area contributed by atoms with Gasteiger partial charge in [-0.05, 0) is 50.8 Å². The quantitative estimate of drug-likeness (QED) is 0.884. The fourth-order valence-corrected chi connectivity index (χ4v) is 3.04. The van der Waals surface area contributed by atoms with Crippen molar-refractivity contribution in [1.82, 2.24) is 15.2 Å². The normalized spacial score (nSPS) is 24.9. The summed E-state index contributed by atoms with van der Waals surface area (Å²) < 4.78 is 13.3. The average Bonchev–Trinajstić information content (AvgIpc) is 3.12. The molecule has 1 aliphatic heterocycles. The van der Waals surface area contributed by atoms with E-state index in [1.807, 2.05) is 0 Å². The van der Waals surface area contributed by atoms with Crippen molar-refractivity contribution in [3.05, 3.63) is 29.8 Å². The molecule has 19 heavy (non-hydrogen) atoms. The summed E-state index contributed by atoms with van der Waals surface area (Å²) >= 11 is 0. The molecular weight excluding hydrogens is 241 g/mol. The highest BCUT2D eigenvalue weighted by Gasteiger charge is 2.34. The highest BCUT2D eigenvalue weighted by Crippen LogP contribution is 2.34. The van der Waals surface area contributed by atoms with Gasteiger partial charge in [0.15, 0.2) is 0 Å². The van der Waals surface area contributed by atoms with Crippen molar-refractivity contribution in [2.24, 2.45) is 0 Å². The Bertz CT molecular complexity index is 427. The van der Waals surface area contributed by atoms with Gasteiger partial charge in [0.05, 0.1) is 6.20 Å². The molecule has 2 fully saturated rings. The first-order valence-corrected chi connectivity index (χ1v) is 7.33. The molecule has 2 atom stereocenters. The van der Waals surface area contributed by atoms with Gasteiger partial charge in [0.25, 0.3) is 0 Å². The molecule has 2 unspecified atom stereocenters. The Kier molecular flexibility index (Phi) is 3.80. The molecule has 0 spiro atoms. The van der Waals surface area contributed by atoms with E-state index >= 15 is 0 Å². The maximum atomic E-state index is 13.3. The third kappa shape index (κ3) is 3.12. The van der Waals surface area contributed by atoms with Crippen molar-refractivity contribution in [2.45, 2.75) is 50.7 Å². The second-order valence-corrected chi connectivity index (χ2v) is 5.83. The van der Waals surface area contributed by atoms with Gasteiger partial charge in [-0.25, -0.2) is 4.39 Å². The fraction of sp³-hybridized carbons (Fsp3) is 0.667. The van der Waals surface area contributed by atoms with Crippen molar-refractivity contribution in [2.75, 3.05) is 13.1 Å². The number of rotatable bonds is 5. The summed E-state index contributed by atoms with van der Waals surface area (Å²) in [5.74, 6) is -0.237. The average molecular weight is 263 g/mol. The van der Waals surface area contributed by atoms with Crippen LogP contribution in [0.2, 0.25) is 0 Å². The molecule has 0 bridgehead atoms. The Morgan fingerprint density at radius 2 is 2.26 bits per heavy atom. The Hall–Kier alpha value is -1.00. The number of halogens is 1. The smallest absolute Gasteiger partial charge is 0.141 e. The van der Waals surface area contributed by atoms with Crippen LogP contribution in [0.1, 0.15) is 44.2 Å². The van der Waals surface area contributed by atoms with Gasteiger partial charge in [0, 0.05) is 30.9 Å². The monoisotopic (exact) mass is 263 g/mol. The van der Waals surface area contributed by atoms with E-state index < -0.39 is 0 Å². The minimum Gasteiger partial charge on any atom is -0.313 e. The zero-order valence-electron chi connectivity index (χ0n) is 11.5. The van der Waals surface area contributed by atoms with Gasteiger partial charge >= 0.3 is 0 Å². The molecule has 2 heterocycles. The van der Waals surface area contributed by atoms with Crippen LogP contribution in [0.4, 0.5) is 4.39 Å². The molecule has 104 valence electrons. The van der Waals surface area contributed by atoms with Crippen LogP contribution in [-0.4, -0.2) is 35.1 Å². The van der Waals surface area contributed by atoms with Gasteiger partial charge in [-0.3, -0.25) is 9.88 Å². The second-order valence-electron chi connectivity index (χ2n) is 5.83. The van der Waals surface area contributed by atoms with E-state index in [1.54, 1.807) is 12.3 Å². The van der Waals surface area contributed by atoms with Gasteiger partial charge < -0.3 is 5.32 Å². The second kappa shape index (κ2) is 5.55. The van der Waals surface area contributed by atoms with Gasteiger partial charge in [-0.15, -0.1) is 0 Å². The largest absolute Gasteiger partial charge is 0.313 e. The lowest BCUT2D eigenvalue weighted by atomic mass is 10.1. The van der Waals surface area contributed by atoms with E-state index in [-0.39, 0.29) is 11.9 Å². The summed E-state index contributed by atoms with van der Waals surface area (Å²) in [4.78, 5) is 6.51. The Morgan fingerprint density at radius 1 is 1.42 bits per heavy atom. The van der Waals surface area contributed by atoms with E-state index in [0.717, 1.165) is 18.7 Å². The molecule has 1 saturated heterocycles. The molecule has 1 saturated carbocycles. The molecule has 2 aliphatic rings. The number of nitrogens with zero attached hydrogens (tertiary/aromatic N) is 2. The van der Waals surface area contributed by atoms with Crippen molar-refractivity contribution >= 4 is 0 Å². The summed E-state index contributed by atoms with van der Waals surface area (Å²) in [5, 5.41) is 3.56. The van der Waals surface area contributed by atoms with Crippen LogP contribution in [0.3, 0.4) is 0 Å². The van der Waals surface area contributed by atoms with Crippen LogP contribution in [0.15, 0.2) is 18.5 Å². The van der Waals surface area contributed by atoms with Gasteiger partial charge in [0.2, 0.25) is 0 Å². The van der Waals surface area contributed by atoms with Crippen molar-refractivity contribution < 1.29 is 4.39 Å². The standard InChI is InChI=1S/C15H22FN3/c1-11(12-7-13(16)9-17-8-12)19(15-4-5-15)10-14-3-2-6-18-14/h7-9,11,14-15,18H,2-6,10H2,1H3. The molecule has 4 heteroatoms. The van der Waals surface area contributed by atoms with Gasteiger partial charge in [0.1, 0.15) is 5.82 Å². The molecule has 0 aromatic carbocycles. The number of aromatic nitrogens is 1. The highest BCUT2D eigenvalue weighted by molar-refractivity contribution is 5.15. The van der Waals surface area contributed by atoms with Crippen LogP contribution >= 0.6 is 0 Å². The van der Waals surface area contributed by atoms with E-state index in [1.165, 1.54) is 31.9 Å². The maximum absolute atomic E-state index is 13.3. The molecule has 0 amide bonds. The molecule has 1 N–H and O–H groups in total. The minimum absolute atomic E-state index is 0.237. The Labute approximate surface area is 114 Å². The van der Waals surface area contributed by atoms with E-state index in [0.29, 0.717) is 12.1 Å². The highest BCUT2D eigenvalue weighted by atomic mass is 19.1. The summed E-state index contributed by atoms with van der Waals surface area (Å²) in [6.07, 6.45) is 8.16. The molecule has 1 aliphatic carbocycles. The molecule has 1 aromatic heterocycles. The number of pyridine rings is 1. The Morgan fingerprint density at radius 3 is 2.89 bits per heavy atom. The molecule has 0 radical (unpaired) electrons. The van der Waals surface area contributed by atoms with E-state index in [2.05, 4.69) is 22.1 Å². The first-order chi connectivity index (χ1) is 9.24. The van der Waals surface area contributed by atoms with Gasteiger partial charge in [-0.2, -0.15) is 0 Å². The van der Waals surface area contributed by atoms with Crippen LogP contribution in [0.25, 0.3) is 0 Å². The molecule has 3 rings (SSSR count). The minimum atomic E-state index is -0.237. The van der Waals surface area contributed by atoms with Crippen molar-refractivity contribution in [1.29, 1.82) is 0 Å². The third-order valence-corrected chi connectivity index (χ3v) is 4.32. The lowest BCUT2D eigenvalue weighted by Gasteiger charge is -2.31. The van der Waals surface area contributed by atoms with Crippen molar-refractivity contribution in [3.63, 3.8) is 0 Å². The van der Waals surface area contributed by atoms with Crippen LogP contribution < -0.4 is 5.32 Å². The number of hydrogen-bond acceptors (Lipinski definition) is 3. The van der Waals surface area contributed by atoms with E-state index in [9.17, 15) is 4.39 Å². The summed E-state index contributed by atoms with van der Waals surface area (Å²) in [5.41, 5.74) is 0.991. The lowest BCUT2D eigenvalue weighted by molar-refractivity contribution is 0.181. The zero-order valence-corrected chi connectivity index (χ0v) is 11.5. The fourth-order valence-electron chi connectivity index (χ4n) is 3.04. The SMILES string of the molecule is CC(c1cncc(F)c1)N(CC1CCCN1)C1CC1. The van der Waals surface area contributed by atoms with Crippen LogP contribution in [0, 0.1) is 5.82 Å².